The first kappa shape index (κ1) is 7.77. The van der Waals surface area contributed by atoms with E-state index in [0.717, 1.165) is 0 Å². The summed E-state index contributed by atoms with van der Waals surface area (Å²) in [5.41, 5.74) is -0.634. The van der Waals surface area contributed by atoms with Crippen LogP contribution in [-0.2, 0) is 14.3 Å². The smallest absolute Gasteiger partial charge is 0.320 e. The Morgan fingerprint density at radius 3 is 2.33 bits per heavy atom. The Kier molecular flexibility index (Phi) is 1.12. The minimum atomic E-state index is -0.425. The first-order valence-corrected chi connectivity index (χ1v) is 4.16. The Bertz CT molecular complexity index is 279. The molecule has 0 aromatic carbocycles. The number of ether oxygens (including phenoxy) is 1. The van der Waals surface area contributed by atoms with E-state index in [-0.39, 0.29) is 23.3 Å². The third kappa shape index (κ3) is 0.551. The minimum absolute atomic E-state index is 0.0693. The quantitative estimate of drug-likeness (QED) is 0.402. The maximum Gasteiger partial charge on any atom is 0.320 e. The van der Waals surface area contributed by atoms with Crippen molar-refractivity contribution in [2.24, 2.45) is 16.7 Å². The third-order valence-corrected chi connectivity index (χ3v) is 3.83. The lowest BCUT2D eigenvalue weighted by Crippen LogP contribution is -2.65. The van der Waals surface area contributed by atoms with Gasteiger partial charge in [-0.2, -0.15) is 0 Å². The van der Waals surface area contributed by atoms with Gasteiger partial charge in [0, 0.05) is 0 Å². The fourth-order valence-corrected chi connectivity index (χ4v) is 2.18. The van der Waals surface area contributed by atoms with Crippen LogP contribution in [0.3, 0.4) is 0 Å². The topological polar surface area (TPSA) is 43.4 Å². The molecule has 3 heteroatoms. The Morgan fingerprint density at radius 2 is 1.92 bits per heavy atom. The molecule has 1 saturated carbocycles. The van der Waals surface area contributed by atoms with Crippen LogP contribution in [0.25, 0.3) is 0 Å². The van der Waals surface area contributed by atoms with E-state index in [1.165, 1.54) is 0 Å². The van der Waals surface area contributed by atoms with Crippen LogP contribution >= 0.6 is 0 Å². The summed E-state index contributed by atoms with van der Waals surface area (Å²) in [5, 5.41) is 0. The van der Waals surface area contributed by atoms with Gasteiger partial charge in [-0.3, -0.25) is 9.59 Å². The average molecular weight is 168 g/mol. The van der Waals surface area contributed by atoms with Crippen LogP contribution in [0, 0.1) is 16.7 Å². The highest BCUT2D eigenvalue weighted by molar-refractivity contribution is 5.97. The number of rotatable bonds is 0. The van der Waals surface area contributed by atoms with Crippen LogP contribution in [0.2, 0.25) is 0 Å². The molecule has 0 N–H and O–H groups in total. The predicted molar refractivity (Wildman–Crippen MR) is 41.1 cm³/mol. The zero-order chi connectivity index (χ0) is 9.15. The maximum absolute atomic E-state index is 11.3. The predicted octanol–water partition coefficient (Wildman–Crippen LogP) is 1.12. The highest BCUT2D eigenvalue weighted by Crippen LogP contribution is 2.63. The molecule has 0 aromatic rings. The van der Waals surface area contributed by atoms with Crippen molar-refractivity contribution in [1.82, 2.24) is 0 Å². The van der Waals surface area contributed by atoms with E-state index >= 15 is 0 Å². The van der Waals surface area contributed by atoms with Gasteiger partial charge in [0.15, 0.2) is 0 Å². The Balaban J connectivity index is 2.43. The molecule has 2 aliphatic heterocycles. The zero-order valence-electron chi connectivity index (χ0n) is 7.51. The van der Waals surface area contributed by atoms with Gasteiger partial charge in [-0.05, 0) is 18.8 Å². The molecule has 1 aliphatic carbocycles. The van der Waals surface area contributed by atoms with Crippen LogP contribution in [-0.4, -0.2) is 11.9 Å². The second kappa shape index (κ2) is 1.73. The van der Waals surface area contributed by atoms with Gasteiger partial charge in [-0.15, -0.1) is 0 Å². The van der Waals surface area contributed by atoms with Gasteiger partial charge in [-0.25, -0.2) is 0 Å². The number of hydrogen-bond acceptors (Lipinski definition) is 3. The Hall–Kier alpha value is -0.860. The Morgan fingerprint density at radius 1 is 1.33 bits per heavy atom. The zero-order valence-corrected chi connectivity index (χ0v) is 7.51. The lowest BCUT2D eigenvalue weighted by atomic mass is 9.44. The molecule has 3 aliphatic rings. The lowest BCUT2D eigenvalue weighted by Gasteiger charge is -2.59. The van der Waals surface area contributed by atoms with E-state index < -0.39 is 5.41 Å². The van der Waals surface area contributed by atoms with E-state index in [4.69, 9.17) is 0 Å². The molecule has 0 aromatic heterocycles. The summed E-state index contributed by atoms with van der Waals surface area (Å²) in [4.78, 5) is 22.5. The highest BCUT2D eigenvalue weighted by atomic mass is 16.6. The van der Waals surface area contributed by atoms with Crippen molar-refractivity contribution >= 4 is 11.9 Å². The first-order valence-electron chi connectivity index (χ1n) is 4.16. The number of carbonyl (C=O) groups excluding carboxylic acids is 2. The first-order chi connectivity index (χ1) is 5.39. The van der Waals surface area contributed by atoms with Crippen LogP contribution in [0.15, 0.2) is 0 Å². The molecule has 0 amide bonds. The molecule has 3 fully saturated rings. The lowest BCUT2D eigenvalue weighted by molar-refractivity contribution is -0.222. The van der Waals surface area contributed by atoms with Crippen LogP contribution in [0.4, 0.5) is 0 Å². The minimum Gasteiger partial charge on any atom is -0.392 e. The summed E-state index contributed by atoms with van der Waals surface area (Å²) in [6, 6.07) is 0. The number of fused-ring (bicyclic) bond motifs is 2. The SMILES string of the molecule is CC1(C)[C@H]2C[C@]1(C)C(=O)OC2=O. The third-order valence-electron chi connectivity index (χ3n) is 3.83. The standard InChI is InChI=1S/C9H12O3/c1-8(2)5-4-9(8,3)7(11)12-6(5)10/h5H,4H2,1-3H3/t5-,9+/m0/s1. The number of hydrogen-bond donors (Lipinski definition) is 0. The van der Waals surface area contributed by atoms with Gasteiger partial charge in [0.05, 0.1) is 11.3 Å². The summed E-state index contributed by atoms with van der Waals surface area (Å²) in [5.74, 6) is -0.756. The van der Waals surface area contributed by atoms with Gasteiger partial charge in [-0.1, -0.05) is 13.8 Å². The highest BCUT2D eigenvalue weighted by Gasteiger charge is 2.69. The van der Waals surface area contributed by atoms with Crippen molar-refractivity contribution < 1.29 is 14.3 Å². The van der Waals surface area contributed by atoms with Gasteiger partial charge >= 0.3 is 11.9 Å². The maximum atomic E-state index is 11.3. The molecular formula is C9H12O3. The molecule has 3 nitrogen and oxygen atoms in total. The monoisotopic (exact) mass is 168 g/mol. The summed E-state index contributed by atoms with van der Waals surface area (Å²) in [7, 11) is 0. The summed E-state index contributed by atoms with van der Waals surface area (Å²) < 4.78 is 4.61. The van der Waals surface area contributed by atoms with Crippen molar-refractivity contribution in [2.75, 3.05) is 0 Å². The molecule has 3 rings (SSSR count). The summed E-state index contributed by atoms with van der Waals surface area (Å²) in [6.07, 6.45) is 0.664. The summed E-state index contributed by atoms with van der Waals surface area (Å²) >= 11 is 0. The molecule has 0 unspecified atom stereocenters. The fourth-order valence-electron chi connectivity index (χ4n) is 2.18. The van der Waals surface area contributed by atoms with Crippen LogP contribution in [0.5, 0.6) is 0 Å². The number of esters is 2. The molecule has 0 spiro atoms. The average Bonchev–Trinajstić information content (AvgIpc) is 1.96. The summed E-state index contributed by atoms with van der Waals surface area (Å²) in [6.45, 7) is 5.79. The normalized spacial score (nSPS) is 43.4. The van der Waals surface area contributed by atoms with Gasteiger partial charge < -0.3 is 4.74 Å². The van der Waals surface area contributed by atoms with E-state index in [1.54, 1.807) is 0 Å². The van der Waals surface area contributed by atoms with Crippen LogP contribution < -0.4 is 0 Å². The molecule has 0 radical (unpaired) electrons. The van der Waals surface area contributed by atoms with Crippen molar-refractivity contribution in [3.63, 3.8) is 0 Å². The van der Waals surface area contributed by atoms with E-state index in [9.17, 15) is 9.59 Å². The second-order valence-electron chi connectivity index (χ2n) is 4.52. The van der Waals surface area contributed by atoms with Crippen molar-refractivity contribution in [1.29, 1.82) is 0 Å². The number of carbonyl (C=O) groups is 2. The van der Waals surface area contributed by atoms with Gasteiger partial charge in [0.1, 0.15) is 0 Å². The Labute approximate surface area is 71.1 Å². The molecule has 2 saturated heterocycles. The largest absolute Gasteiger partial charge is 0.392 e. The van der Waals surface area contributed by atoms with E-state index in [2.05, 4.69) is 4.74 Å². The van der Waals surface area contributed by atoms with E-state index in [0.29, 0.717) is 6.42 Å². The molecule has 2 heterocycles. The fraction of sp³-hybridized carbons (Fsp3) is 0.778. The molecular weight excluding hydrogens is 156 g/mol. The molecule has 12 heavy (non-hydrogen) atoms. The van der Waals surface area contributed by atoms with Gasteiger partial charge in [0.25, 0.3) is 0 Å². The molecule has 66 valence electrons. The van der Waals surface area contributed by atoms with E-state index in [1.807, 2.05) is 20.8 Å². The van der Waals surface area contributed by atoms with Crippen molar-refractivity contribution in [3.05, 3.63) is 0 Å². The van der Waals surface area contributed by atoms with Crippen molar-refractivity contribution in [3.8, 4) is 0 Å². The van der Waals surface area contributed by atoms with Crippen LogP contribution in [0.1, 0.15) is 27.2 Å². The molecule has 2 atom stereocenters. The van der Waals surface area contributed by atoms with Gasteiger partial charge in [0.2, 0.25) is 0 Å². The second-order valence-corrected chi connectivity index (χ2v) is 4.52. The molecule has 2 bridgehead atoms. The van der Waals surface area contributed by atoms with Crippen molar-refractivity contribution in [2.45, 2.75) is 27.2 Å².